The number of carbonyl (C=O) groups excluding carboxylic acids is 2. The number of ether oxygens (including phenoxy) is 2. The summed E-state index contributed by atoms with van der Waals surface area (Å²) in [7, 11) is 0. The van der Waals surface area contributed by atoms with E-state index in [0.29, 0.717) is 48.6 Å². The third-order valence-electron chi connectivity index (χ3n) is 5.60. The lowest BCUT2D eigenvalue weighted by Gasteiger charge is -2.27. The molecule has 154 valence electrons. The van der Waals surface area contributed by atoms with Crippen molar-refractivity contribution in [3.63, 3.8) is 0 Å². The lowest BCUT2D eigenvalue weighted by Crippen LogP contribution is -2.45. The van der Waals surface area contributed by atoms with E-state index < -0.39 is 0 Å². The van der Waals surface area contributed by atoms with Crippen LogP contribution < -0.4 is 15.7 Å². The number of hydrogen-bond acceptors (Lipinski definition) is 6. The molecule has 0 aliphatic carbocycles. The maximum atomic E-state index is 12.8. The highest BCUT2D eigenvalue weighted by molar-refractivity contribution is 5.89. The van der Waals surface area contributed by atoms with Gasteiger partial charge in [0.25, 0.3) is 5.91 Å². The Morgan fingerprint density at radius 2 is 1.97 bits per heavy atom. The van der Waals surface area contributed by atoms with Crippen LogP contribution in [0.3, 0.4) is 0 Å². The van der Waals surface area contributed by atoms with Gasteiger partial charge in [-0.3, -0.25) is 9.59 Å². The Hall–Kier alpha value is -2.87. The molecule has 2 bridgehead atoms. The standard InChI is InChI=1S/C21H24N2O6/c1-11-4-16(19-12(2)13(3)21(26)29-17(19)5-11)28-10-18(24)23-6-14-8-27-9-15(7-23)22-20(14)25/h4-5,14-15H,6-10H2,1-3H3,(H,22,25)/t14-,15+/m1/s1. The molecule has 0 saturated carbocycles. The zero-order valence-corrected chi connectivity index (χ0v) is 16.7. The van der Waals surface area contributed by atoms with Gasteiger partial charge in [-0.05, 0) is 44.0 Å². The van der Waals surface area contributed by atoms with Crippen LogP contribution in [0.1, 0.15) is 16.7 Å². The van der Waals surface area contributed by atoms with Gasteiger partial charge in [0, 0.05) is 18.7 Å². The fourth-order valence-electron chi connectivity index (χ4n) is 3.87. The van der Waals surface area contributed by atoms with E-state index in [1.807, 2.05) is 19.9 Å². The van der Waals surface area contributed by atoms with Gasteiger partial charge in [0.1, 0.15) is 11.3 Å². The van der Waals surface area contributed by atoms with E-state index in [1.54, 1.807) is 17.9 Å². The monoisotopic (exact) mass is 400 g/mol. The highest BCUT2D eigenvalue weighted by Gasteiger charge is 2.35. The first-order chi connectivity index (χ1) is 13.8. The minimum atomic E-state index is -0.377. The number of aryl methyl sites for hydroxylation is 2. The minimum absolute atomic E-state index is 0.0745. The normalized spacial score (nSPS) is 21.6. The van der Waals surface area contributed by atoms with E-state index in [0.717, 1.165) is 11.1 Å². The maximum Gasteiger partial charge on any atom is 0.339 e. The Morgan fingerprint density at radius 1 is 1.17 bits per heavy atom. The van der Waals surface area contributed by atoms with E-state index in [9.17, 15) is 14.4 Å². The maximum absolute atomic E-state index is 12.8. The lowest BCUT2D eigenvalue weighted by atomic mass is 10.0. The Labute approximate surface area is 167 Å². The largest absolute Gasteiger partial charge is 0.483 e. The summed E-state index contributed by atoms with van der Waals surface area (Å²) in [6.45, 7) is 6.67. The van der Waals surface area contributed by atoms with Crippen molar-refractivity contribution in [2.24, 2.45) is 5.92 Å². The highest BCUT2D eigenvalue weighted by atomic mass is 16.5. The predicted octanol–water partition coefficient (Wildman–Crippen LogP) is 1.07. The van der Waals surface area contributed by atoms with Crippen molar-refractivity contribution in [1.29, 1.82) is 0 Å². The van der Waals surface area contributed by atoms with E-state index >= 15 is 0 Å². The van der Waals surface area contributed by atoms with Gasteiger partial charge >= 0.3 is 5.63 Å². The van der Waals surface area contributed by atoms with Crippen LogP contribution in [0.4, 0.5) is 0 Å². The van der Waals surface area contributed by atoms with Crippen LogP contribution in [-0.4, -0.2) is 55.7 Å². The number of carbonyl (C=O) groups is 2. The summed E-state index contributed by atoms with van der Waals surface area (Å²) in [5, 5.41) is 3.60. The van der Waals surface area contributed by atoms with E-state index in [-0.39, 0.29) is 36.0 Å². The van der Waals surface area contributed by atoms with Gasteiger partial charge in [0.05, 0.1) is 30.6 Å². The molecule has 29 heavy (non-hydrogen) atoms. The Kier molecular flexibility index (Phi) is 5.04. The molecule has 2 aromatic rings. The molecule has 2 aliphatic rings. The molecule has 0 radical (unpaired) electrons. The van der Waals surface area contributed by atoms with E-state index in [2.05, 4.69) is 5.32 Å². The van der Waals surface area contributed by atoms with Crippen molar-refractivity contribution >= 4 is 22.8 Å². The molecule has 1 aromatic heterocycles. The molecule has 1 aromatic carbocycles. The van der Waals surface area contributed by atoms with Crippen molar-refractivity contribution in [2.45, 2.75) is 26.8 Å². The molecule has 2 amide bonds. The van der Waals surface area contributed by atoms with E-state index in [4.69, 9.17) is 13.9 Å². The quantitative estimate of drug-likeness (QED) is 0.774. The van der Waals surface area contributed by atoms with Gasteiger partial charge in [-0.2, -0.15) is 0 Å². The number of fused-ring (bicyclic) bond motifs is 4. The number of nitrogens with zero attached hydrogens (tertiary/aromatic N) is 1. The lowest BCUT2D eigenvalue weighted by molar-refractivity contribution is -0.135. The Morgan fingerprint density at radius 3 is 2.76 bits per heavy atom. The topological polar surface area (TPSA) is 98.1 Å². The highest BCUT2D eigenvalue weighted by Crippen LogP contribution is 2.31. The third-order valence-corrected chi connectivity index (χ3v) is 5.60. The summed E-state index contributed by atoms with van der Waals surface area (Å²) in [6, 6.07) is 3.40. The zero-order valence-electron chi connectivity index (χ0n) is 16.7. The minimum Gasteiger partial charge on any atom is -0.483 e. The van der Waals surface area contributed by atoms with Crippen molar-refractivity contribution in [3.05, 3.63) is 39.2 Å². The molecule has 4 rings (SSSR count). The van der Waals surface area contributed by atoms with Crippen LogP contribution in [0, 0.1) is 26.7 Å². The molecule has 2 aliphatic heterocycles. The summed E-state index contributed by atoms with van der Waals surface area (Å²) >= 11 is 0. The second-order valence-corrected chi connectivity index (χ2v) is 7.80. The van der Waals surface area contributed by atoms with Crippen molar-refractivity contribution in [2.75, 3.05) is 32.9 Å². The summed E-state index contributed by atoms with van der Waals surface area (Å²) in [5.41, 5.74) is 2.22. The number of rotatable bonds is 3. The molecule has 2 atom stereocenters. The van der Waals surface area contributed by atoms with Gasteiger partial charge < -0.3 is 24.1 Å². The van der Waals surface area contributed by atoms with Crippen LogP contribution in [0.5, 0.6) is 5.75 Å². The first kappa shape index (κ1) is 19.4. The van der Waals surface area contributed by atoms with Crippen LogP contribution >= 0.6 is 0 Å². The fraction of sp³-hybridized carbons (Fsp3) is 0.476. The first-order valence-electron chi connectivity index (χ1n) is 9.67. The van der Waals surface area contributed by atoms with Gasteiger partial charge in [-0.15, -0.1) is 0 Å². The number of nitrogens with one attached hydrogen (secondary N) is 1. The molecule has 2 fully saturated rings. The number of benzene rings is 1. The number of amides is 2. The fourth-order valence-corrected chi connectivity index (χ4v) is 3.87. The SMILES string of the molecule is Cc1cc(OCC(=O)N2C[C@H]3COC[C@@H](C2)C(=O)N3)c2c(C)c(C)c(=O)oc2c1. The van der Waals surface area contributed by atoms with Gasteiger partial charge in [0.2, 0.25) is 5.91 Å². The van der Waals surface area contributed by atoms with Crippen LogP contribution in [0.2, 0.25) is 0 Å². The molecular formula is C21H24N2O6. The number of hydrogen-bond donors (Lipinski definition) is 1. The summed E-state index contributed by atoms with van der Waals surface area (Å²) in [4.78, 5) is 38.6. The Bertz CT molecular complexity index is 1040. The average Bonchev–Trinajstić information content (AvgIpc) is 2.92. The molecule has 8 heteroatoms. The second-order valence-electron chi connectivity index (χ2n) is 7.80. The van der Waals surface area contributed by atoms with Gasteiger partial charge in [-0.25, -0.2) is 4.79 Å². The summed E-state index contributed by atoms with van der Waals surface area (Å²) < 4.78 is 16.8. The van der Waals surface area contributed by atoms with E-state index in [1.165, 1.54) is 0 Å². The second kappa shape index (κ2) is 7.51. The van der Waals surface area contributed by atoms with Crippen molar-refractivity contribution in [3.8, 4) is 5.75 Å². The third kappa shape index (κ3) is 3.72. The Balaban J connectivity index is 1.57. The molecule has 3 heterocycles. The summed E-state index contributed by atoms with van der Waals surface area (Å²) in [5.74, 6) is -0.134. The molecule has 2 saturated heterocycles. The van der Waals surface area contributed by atoms with Gasteiger partial charge in [-0.1, -0.05) is 0 Å². The van der Waals surface area contributed by atoms with Crippen molar-refractivity contribution < 1.29 is 23.5 Å². The molecule has 0 unspecified atom stereocenters. The molecule has 1 N–H and O–H groups in total. The van der Waals surface area contributed by atoms with Gasteiger partial charge in [0.15, 0.2) is 6.61 Å². The average molecular weight is 400 g/mol. The smallest absolute Gasteiger partial charge is 0.339 e. The summed E-state index contributed by atoms with van der Waals surface area (Å²) in [6.07, 6.45) is 0. The first-order valence-corrected chi connectivity index (χ1v) is 9.67. The zero-order chi connectivity index (χ0) is 20.7. The predicted molar refractivity (Wildman–Crippen MR) is 105 cm³/mol. The van der Waals surface area contributed by atoms with Crippen molar-refractivity contribution in [1.82, 2.24) is 10.2 Å². The molecule has 8 nitrogen and oxygen atoms in total. The van der Waals surface area contributed by atoms with Crippen LogP contribution in [0.15, 0.2) is 21.3 Å². The van der Waals surface area contributed by atoms with Crippen LogP contribution in [-0.2, 0) is 14.3 Å². The molecule has 0 spiro atoms. The molecular weight excluding hydrogens is 376 g/mol. The van der Waals surface area contributed by atoms with Crippen LogP contribution in [0.25, 0.3) is 11.0 Å².